The van der Waals surface area contributed by atoms with E-state index in [9.17, 15) is 0 Å². The number of nitrogens with one attached hydrogen (secondary N) is 2. The highest BCUT2D eigenvalue weighted by Gasteiger charge is 2.19. The Morgan fingerprint density at radius 1 is 1.30 bits per heavy atom. The second-order valence-corrected chi connectivity index (χ2v) is 6.23. The molecule has 1 rings (SSSR count). The zero-order chi connectivity index (χ0) is 15.0. The number of ether oxygens (including phenoxy) is 1. The van der Waals surface area contributed by atoms with Crippen molar-refractivity contribution in [3.05, 3.63) is 35.9 Å². The third kappa shape index (κ3) is 6.87. The molecule has 1 unspecified atom stereocenters. The summed E-state index contributed by atoms with van der Waals surface area (Å²) in [5.41, 5.74) is 1.32. The molecule has 0 saturated heterocycles. The molecule has 0 aromatic heterocycles. The topological polar surface area (TPSA) is 33.3 Å². The van der Waals surface area contributed by atoms with E-state index >= 15 is 0 Å². The number of methoxy groups -OCH3 is 1. The SMILES string of the molecule is COCC(C)NC(=S)NC(C)(C)CCc1ccccc1. The van der Waals surface area contributed by atoms with Crippen LogP contribution >= 0.6 is 12.2 Å². The van der Waals surface area contributed by atoms with Crippen LogP contribution in [-0.2, 0) is 11.2 Å². The number of thiocarbonyl (C=S) groups is 1. The second kappa shape index (κ2) is 8.22. The van der Waals surface area contributed by atoms with Gasteiger partial charge in [-0.3, -0.25) is 0 Å². The molecule has 20 heavy (non-hydrogen) atoms. The molecule has 0 aliphatic rings. The van der Waals surface area contributed by atoms with Gasteiger partial charge in [-0.25, -0.2) is 0 Å². The molecular weight excluding hydrogens is 268 g/mol. The highest BCUT2D eigenvalue weighted by molar-refractivity contribution is 7.80. The zero-order valence-electron chi connectivity index (χ0n) is 12.9. The molecule has 1 atom stereocenters. The molecule has 2 N–H and O–H groups in total. The Hall–Kier alpha value is -1.13. The maximum absolute atomic E-state index is 5.35. The Bertz CT molecular complexity index is 406. The first kappa shape index (κ1) is 16.9. The molecule has 112 valence electrons. The molecule has 0 aliphatic carbocycles. The average molecular weight is 294 g/mol. The smallest absolute Gasteiger partial charge is 0.166 e. The van der Waals surface area contributed by atoms with Gasteiger partial charge >= 0.3 is 0 Å². The van der Waals surface area contributed by atoms with Crippen LogP contribution in [0.2, 0.25) is 0 Å². The van der Waals surface area contributed by atoms with Crippen molar-refractivity contribution in [2.24, 2.45) is 0 Å². The molecule has 0 saturated carbocycles. The number of rotatable bonds is 7. The maximum atomic E-state index is 5.35. The van der Waals surface area contributed by atoms with Gasteiger partial charge in [0.15, 0.2) is 5.11 Å². The van der Waals surface area contributed by atoms with E-state index in [0.717, 1.165) is 12.8 Å². The predicted molar refractivity (Wildman–Crippen MR) is 89.0 cm³/mol. The van der Waals surface area contributed by atoms with E-state index in [0.29, 0.717) is 11.7 Å². The lowest BCUT2D eigenvalue weighted by Crippen LogP contribution is -2.51. The standard InChI is InChI=1S/C16H26N2OS/c1-13(12-19-4)17-15(20)18-16(2,3)11-10-14-8-6-5-7-9-14/h5-9,13H,10-12H2,1-4H3,(H2,17,18,20). The van der Waals surface area contributed by atoms with Crippen molar-refractivity contribution in [2.75, 3.05) is 13.7 Å². The summed E-state index contributed by atoms with van der Waals surface area (Å²) < 4.78 is 5.09. The van der Waals surface area contributed by atoms with Gasteiger partial charge in [-0.1, -0.05) is 30.3 Å². The predicted octanol–water partition coefficient (Wildman–Crippen LogP) is 2.90. The molecule has 1 aromatic carbocycles. The largest absolute Gasteiger partial charge is 0.383 e. The lowest BCUT2D eigenvalue weighted by molar-refractivity contribution is 0.179. The lowest BCUT2D eigenvalue weighted by atomic mass is 9.95. The molecule has 0 fully saturated rings. The van der Waals surface area contributed by atoms with Gasteiger partial charge in [0.2, 0.25) is 0 Å². The maximum Gasteiger partial charge on any atom is 0.166 e. The van der Waals surface area contributed by atoms with E-state index in [1.165, 1.54) is 5.56 Å². The molecule has 1 aromatic rings. The summed E-state index contributed by atoms with van der Waals surface area (Å²) >= 11 is 5.35. The third-order valence-corrected chi connectivity index (χ3v) is 3.35. The van der Waals surface area contributed by atoms with Crippen molar-refractivity contribution in [1.29, 1.82) is 0 Å². The minimum Gasteiger partial charge on any atom is -0.383 e. The minimum absolute atomic E-state index is 0.0350. The highest BCUT2D eigenvalue weighted by Crippen LogP contribution is 2.13. The van der Waals surface area contributed by atoms with Gasteiger partial charge in [0.05, 0.1) is 6.61 Å². The molecule has 0 spiro atoms. The van der Waals surface area contributed by atoms with Gasteiger partial charge in [-0.15, -0.1) is 0 Å². The lowest BCUT2D eigenvalue weighted by Gasteiger charge is -2.29. The van der Waals surface area contributed by atoms with E-state index in [1.807, 2.05) is 6.07 Å². The first-order chi connectivity index (χ1) is 9.43. The third-order valence-electron chi connectivity index (χ3n) is 3.13. The summed E-state index contributed by atoms with van der Waals surface area (Å²) in [6.45, 7) is 7.04. The van der Waals surface area contributed by atoms with Gasteiger partial charge in [-0.2, -0.15) is 0 Å². The summed E-state index contributed by atoms with van der Waals surface area (Å²) in [6, 6.07) is 10.7. The van der Waals surface area contributed by atoms with Gasteiger partial charge < -0.3 is 15.4 Å². The molecule has 0 radical (unpaired) electrons. The fourth-order valence-electron chi connectivity index (χ4n) is 2.02. The zero-order valence-corrected chi connectivity index (χ0v) is 13.7. The normalized spacial score (nSPS) is 12.8. The van der Waals surface area contributed by atoms with Crippen LogP contribution in [0.4, 0.5) is 0 Å². The first-order valence-electron chi connectivity index (χ1n) is 7.04. The van der Waals surface area contributed by atoms with E-state index in [2.05, 4.69) is 55.7 Å². The van der Waals surface area contributed by atoms with Crippen LogP contribution in [0.15, 0.2) is 30.3 Å². The molecule has 0 bridgehead atoms. The van der Waals surface area contributed by atoms with Gasteiger partial charge in [0.25, 0.3) is 0 Å². The Balaban J connectivity index is 2.38. The van der Waals surface area contributed by atoms with Gasteiger partial charge in [0.1, 0.15) is 0 Å². The van der Waals surface area contributed by atoms with Crippen LogP contribution in [0, 0.1) is 0 Å². The Labute approximate surface area is 128 Å². The summed E-state index contributed by atoms with van der Waals surface area (Å²) in [5, 5.41) is 7.30. The van der Waals surface area contributed by atoms with Crippen molar-refractivity contribution in [3.8, 4) is 0 Å². The van der Waals surface area contributed by atoms with Gasteiger partial charge in [0, 0.05) is 18.7 Å². The molecule has 0 heterocycles. The Morgan fingerprint density at radius 2 is 1.95 bits per heavy atom. The van der Waals surface area contributed by atoms with Crippen molar-refractivity contribution < 1.29 is 4.74 Å². The Kier molecular flexibility index (Phi) is 6.96. The molecular formula is C16H26N2OS. The summed E-state index contributed by atoms with van der Waals surface area (Å²) in [4.78, 5) is 0. The Morgan fingerprint density at radius 3 is 2.55 bits per heavy atom. The van der Waals surface area contributed by atoms with E-state index in [-0.39, 0.29) is 11.6 Å². The highest BCUT2D eigenvalue weighted by atomic mass is 32.1. The molecule has 4 heteroatoms. The van der Waals surface area contributed by atoms with Crippen LogP contribution in [-0.4, -0.2) is 30.4 Å². The summed E-state index contributed by atoms with van der Waals surface area (Å²) in [6.07, 6.45) is 2.06. The fraction of sp³-hybridized carbons (Fsp3) is 0.562. The second-order valence-electron chi connectivity index (χ2n) is 5.82. The minimum atomic E-state index is -0.0350. The van der Waals surface area contributed by atoms with Crippen LogP contribution in [0.1, 0.15) is 32.8 Å². The number of benzene rings is 1. The van der Waals surface area contributed by atoms with Crippen LogP contribution < -0.4 is 10.6 Å². The van der Waals surface area contributed by atoms with Crippen molar-refractivity contribution in [3.63, 3.8) is 0 Å². The first-order valence-corrected chi connectivity index (χ1v) is 7.45. The van der Waals surface area contributed by atoms with E-state index < -0.39 is 0 Å². The summed E-state index contributed by atoms with van der Waals surface area (Å²) in [7, 11) is 1.69. The number of hydrogen-bond acceptors (Lipinski definition) is 2. The molecule has 3 nitrogen and oxygen atoms in total. The van der Waals surface area contributed by atoms with Crippen LogP contribution in [0.3, 0.4) is 0 Å². The van der Waals surface area contributed by atoms with E-state index in [1.54, 1.807) is 7.11 Å². The van der Waals surface area contributed by atoms with Crippen molar-refractivity contribution in [2.45, 2.75) is 45.2 Å². The number of hydrogen-bond donors (Lipinski definition) is 2. The van der Waals surface area contributed by atoms with Crippen LogP contribution in [0.5, 0.6) is 0 Å². The summed E-state index contributed by atoms with van der Waals surface area (Å²) in [5.74, 6) is 0. The molecule has 0 amide bonds. The monoisotopic (exact) mass is 294 g/mol. The average Bonchev–Trinajstić information content (AvgIpc) is 2.37. The quantitative estimate of drug-likeness (QED) is 0.758. The van der Waals surface area contributed by atoms with Crippen molar-refractivity contribution >= 4 is 17.3 Å². The number of aryl methyl sites for hydroxylation is 1. The van der Waals surface area contributed by atoms with Gasteiger partial charge in [-0.05, 0) is 51.4 Å². The van der Waals surface area contributed by atoms with Crippen LogP contribution in [0.25, 0.3) is 0 Å². The fourth-order valence-corrected chi connectivity index (χ4v) is 2.50. The molecule has 0 aliphatic heterocycles. The van der Waals surface area contributed by atoms with E-state index in [4.69, 9.17) is 17.0 Å². The van der Waals surface area contributed by atoms with Crippen molar-refractivity contribution in [1.82, 2.24) is 10.6 Å².